The molecule has 4 N–H and O–H groups in total. The lowest BCUT2D eigenvalue weighted by Crippen LogP contribution is -2.34. The fourth-order valence-electron chi connectivity index (χ4n) is 2.18. The average Bonchev–Trinajstić information content (AvgIpc) is 2.79. The number of nitrogens with zero attached hydrogens (tertiary/aromatic N) is 1. The number of sulfonamides is 1. The maximum Gasteiger partial charge on any atom is 0.242 e. The quantitative estimate of drug-likeness (QED) is 0.703. The third-order valence-corrected chi connectivity index (χ3v) is 4.95. The van der Waals surface area contributed by atoms with Crippen molar-refractivity contribution in [1.29, 1.82) is 0 Å². The maximum absolute atomic E-state index is 12.5. The number of fused-ring (bicyclic) bond motifs is 1. The summed E-state index contributed by atoms with van der Waals surface area (Å²) in [6, 6.07) is 5.02. The molecule has 6 nitrogen and oxygen atoms in total. The van der Waals surface area contributed by atoms with E-state index < -0.39 is 10.0 Å². The van der Waals surface area contributed by atoms with Crippen LogP contribution in [0.2, 0.25) is 0 Å². The number of hydrogen-bond donors (Lipinski definition) is 3. The van der Waals surface area contributed by atoms with Crippen LogP contribution >= 0.6 is 0 Å². The van der Waals surface area contributed by atoms with Gasteiger partial charge in [0.15, 0.2) is 0 Å². The zero-order chi connectivity index (χ0) is 15.6. The Morgan fingerprint density at radius 3 is 2.76 bits per heavy atom. The van der Waals surface area contributed by atoms with Crippen molar-refractivity contribution in [2.45, 2.75) is 24.3 Å². The number of aromatic nitrogens is 1. The van der Waals surface area contributed by atoms with Gasteiger partial charge in [-0.1, -0.05) is 0 Å². The SMILES string of the molecule is CC(CCN(C)C)NS(=O)(=O)c1c[nH]c2cc(N)ccc12. The van der Waals surface area contributed by atoms with Crippen LogP contribution in [0, 0.1) is 0 Å². The second kappa shape index (κ2) is 6.05. The molecule has 0 aliphatic rings. The van der Waals surface area contributed by atoms with Crippen molar-refractivity contribution < 1.29 is 8.42 Å². The lowest BCUT2D eigenvalue weighted by molar-refractivity contribution is 0.379. The number of benzene rings is 1. The molecule has 2 aromatic rings. The zero-order valence-corrected chi connectivity index (χ0v) is 13.4. The molecule has 1 atom stereocenters. The summed E-state index contributed by atoms with van der Waals surface area (Å²) in [5.41, 5.74) is 7.02. The van der Waals surface area contributed by atoms with E-state index in [0.717, 1.165) is 18.5 Å². The van der Waals surface area contributed by atoms with E-state index in [1.165, 1.54) is 6.20 Å². The van der Waals surface area contributed by atoms with Gasteiger partial charge in [-0.25, -0.2) is 13.1 Å². The van der Waals surface area contributed by atoms with Gasteiger partial charge in [0, 0.05) is 28.8 Å². The van der Waals surface area contributed by atoms with Crippen LogP contribution in [0.5, 0.6) is 0 Å². The number of nitrogens with one attached hydrogen (secondary N) is 2. The van der Waals surface area contributed by atoms with Crippen molar-refractivity contribution in [3.63, 3.8) is 0 Å². The standard InChI is InChI=1S/C14H22N4O2S/c1-10(6-7-18(2)3)17-21(19,20)14-9-16-13-8-11(15)4-5-12(13)14/h4-5,8-10,16-17H,6-7,15H2,1-3H3. The number of aromatic amines is 1. The van der Waals surface area contributed by atoms with E-state index in [2.05, 4.69) is 9.71 Å². The topological polar surface area (TPSA) is 91.2 Å². The summed E-state index contributed by atoms with van der Waals surface area (Å²) in [5.74, 6) is 0. The van der Waals surface area contributed by atoms with E-state index in [-0.39, 0.29) is 10.9 Å². The van der Waals surface area contributed by atoms with Gasteiger partial charge in [-0.3, -0.25) is 0 Å². The van der Waals surface area contributed by atoms with Gasteiger partial charge in [0.25, 0.3) is 0 Å². The Morgan fingerprint density at radius 1 is 1.38 bits per heavy atom. The fourth-order valence-corrected chi connectivity index (χ4v) is 3.63. The molecule has 0 saturated heterocycles. The van der Waals surface area contributed by atoms with E-state index in [9.17, 15) is 8.42 Å². The minimum atomic E-state index is -3.54. The lowest BCUT2D eigenvalue weighted by atomic mass is 10.2. The molecule has 0 radical (unpaired) electrons. The van der Waals surface area contributed by atoms with Gasteiger partial charge in [0.2, 0.25) is 10.0 Å². The Labute approximate surface area is 125 Å². The lowest BCUT2D eigenvalue weighted by Gasteiger charge is -2.16. The molecular weight excluding hydrogens is 288 g/mol. The van der Waals surface area contributed by atoms with Crippen LogP contribution < -0.4 is 10.5 Å². The van der Waals surface area contributed by atoms with E-state index in [0.29, 0.717) is 11.1 Å². The van der Waals surface area contributed by atoms with Crippen LogP contribution in [-0.2, 0) is 10.0 Å². The normalized spacial score (nSPS) is 13.9. The molecule has 0 spiro atoms. The fraction of sp³-hybridized carbons (Fsp3) is 0.429. The molecule has 116 valence electrons. The molecule has 7 heteroatoms. The van der Waals surface area contributed by atoms with E-state index in [1.54, 1.807) is 18.2 Å². The molecule has 2 rings (SSSR count). The first kappa shape index (κ1) is 15.8. The van der Waals surface area contributed by atoms with Gasteiger partial charge < -0.3 is 15.6 Å². The highest BCUT2D eigenvalue weighted by molar-refractivity contribution is 7.89. The first-order valence-electron chi connectivity index (χ1n) is 6.83. The molecule has 0 aliphatic carbocycles. The number of nitrogens with two attached hydrogens (primary N) is 1. The summed E-state index contributed by atoms with van der Waals surface area (Å²) >= 11 is 0. The Kier molecular flexibility index (Phi) is 4.55. The van der Waals surface area contributed by atoms with Gasteiger partial charge in [-0.2, -0.15) is 0 Å². The first-order chi connectivity index (χ1) is 9.79. The maximum atomic E-state index is 12.5. The van der Waals surface area contributed by atoms with Crippen LogP contribution in [0.1, 0.15) is 13.3 Å². The number of hydrogen-bond acceptors (Lipinski definition) is 4. The van der Waals surface area contributed by atoms with Crippen molar-refractivity contribution in [2.24, 2.45) is 0 Å². The third-order valence-electron chi connectivity index (χ3n) is 3.32. The number of anilines is 1. The minimum Gasteiger partial charge on any atom is -0.399 e. The largest absolute Gasteiger partial charge is 0.399 e. The third kappa shape index (κ3) is 3.75. The van der Waals surface area contributed by atoms with E-state index in [1.807, 2.05) is 25.9 Å². The molecule has 1 aromatic heterocycles. The van der Waals surface area contributed by atoms with Gasteiger partial charge in [0.1, 0.15) is 4.90 Å². The van der Waals surface area contributed by atoms with Crippen LogP contribution in [0.4, 0.5) is 5.69 Å². The monoisotopic (exact) mass is 310 g/mol. The van der Waals surface area contributed by atoms with Gasteiger partial charge in [-0.05, 0) is 52.2 Å². The second-order valence-corrected chi connectivity index (χ2v) is 7.25. The van der Waals surface area contributed by atoms with Gasteiger partial charge in [-0.15, -0.1) is 0 Å². The predicted molar refractivity (Wildman–Crippen MR) is 85.7 cm³/mol. The summed E-state index contributed by atoms with van der Waals surface area (Å²) in [5, 5.41) is 0.650. The highest BCUT2D eigenvalue weighted by Crippen LogP contribution is 2.24. The molecule has 1 heterocycles. The number of nitrogen functional groups attached to an aromatic ring is 1. The van der Waals surface area contributed by atoms with E-state index >= 15 is 0 Å². The summed E-state index contributed by atoms with van der Waals surface area (Å²) in [4.78, 5) is 5.24. The summed E-state index contributed by atoms with van der Waals surface area (Å²) in [7, 11) is 0.383. The molecule has 1 aromatic carbocycles. The zero-order valence-electron chi connectivity index (χ0n) is 12.6. The molecule has 21 heavy (non-hydrogen) atoms. The van der Waals surface area contributed by atoms with Crippen molar-refractivity contribution in [2.75, 3.05) is 26.4 Å². The second-order valence-electron chi connectivity index (χ2n) is 5.57. The highest BCUT2D eigenvalue weighted by Gasteiger charge is 2.21. The summed E-state index contributed by atoms with van der Waals surface area (Å²) in [6.45, 7) is 2.70. The summed E-state index contributed by atoms with van der Waals surface area (Å²) < 4.78 is 27.7. The van der Waals surface area contributed by atoms with Gasteiger partial charge in [0.05, 0.1) is 0 Å². The molecular formula is C14H22N4O2S. The van der Waals surface area contributed by atoms with Crippen molar-refractivity contribution >= 4 is 26.6 Å². The van der Waals surface area contributed by atoms with Gasteiger partial charge >= 0.3 is 0 Å². The number of rotatable bonds is 6. The van der Waals surface area contributed by atoms with Crippen molar-refractivity contribution in [3.8, 4) is 0 Å². The highest BCUT2D eigenvalue weighted by atomic mass is 32.2. The molecule has 0 amide bonds. The van der Waals surface area contributed by atoms with Crippen LogP contribution in [0.25, 0.3) is 10.9 Å². The predicted octanol–water partition coefficient (Wildman–Crippen LogP) is 1.37. The van der Waals surface area contributed by atoms with Crippen molar-refractivity contribution in [1.82, 2.24) is 14.6 Å². The van der Waals surface area contributed by atoms with E-state index in [4.69, 9.17) is 5.73 Å². The summed E-state index contributed by atoms with van der Waals surface area (Å²) in [6.07, 6.45) is 2.26. The molecule has 0 aliphatic heterocycles. The van der Waals surface area contributed by atoms with Crippen LogP contribution in [0.15, 0.2) is 29.3 Å². The Bertz CT molecular complexity index is 722. The minimum absolute atomic E-state index is 0.129. The van der Waals surface area contributed by atoms with Crippen molar-refractivity contribution in [3.05, 3.63) is 24.4 Å². The van der Waals surface area contributed by atoms with Crippen LogP contribution in [0.3, 0.4) is 0 Å². The Balaban J connectivity index is 2.22. The number of H-pyrrole nitrogens is 1. The molecule has 0 fully saturated rings. The first-order valence-corrected chi connectivity index (χ1v) is 8.31. The molecule has 0 bridgehead atoms. The average molecular weight is 310 g/mol. The van der Waals surface area contributed by atoms with Crippen LogP contribution in [-0.4, -0.2) is 45.0 Å². The Morgan fingerprint density at radius 2 is 2.10 bits per heavy atom. The Hall–Kier alpha value is -1.57. The molecule has 1 unspecified atom stereocenters. The smallest absolute Gasteiger partial charge is 0.242 e. The molecule has 0 saturated carbocycles.